The number of amides is 1. The topological polar surface area (TPSA) is 90.7 Å². The van der Waals surface area contributed by atoms with E-state index in [1.54, 1.807) is 31.2 Å². The van der Waals surface area contributed by atoms with Crippen molar-refractivity contribution in [1.82, 2.24) is 5.32 Å². The van der Waals surface area contributed by atoms with Gasteiger partial charge in [0.15, 0.2) is 5.71 Å². The van der Waals surface area contributed by atoms with Gasteiger partial charge in [0.05, 0.1) is 12.8 Å². The molecule has 1 amide bonds. The maximum atomic E-state index is 14.1. The van der Waals surface area contributed by atoms with E-state index >= 15 is 0 Å². The Balaban J connectivity index is 2.34. The molecule has 8 nitrogen and oxygen atoms in total. The number of aryl methyl sites for hydroxylation is 1. The van der Waals surface area contributed by atoms with Gasteiger partial charge in [0, 0.05) is 29.8 Å². The summed E-state index contributed by atoms with van der Waals surface area (Å²) in [6, 6.07) is 10.4. The molecule has 2 rings (SSSR count). The van der Waals surface area contributed by atoms with Crippen molar-refractivity contribution in [2.45, 2.75) is 25.8 Å². The van der Waals surface area contributed by atoms with Gasteiger partial charge >= 0.3 is 0 Å². The summed E-state index contributed by atoms with van der Waals surface area (Å²) in [6.07, 6.45) is 0. The number of carbonyl (C=O) groups is 1. The van der Waals surface area contributed by atoms with Crippen LogP contribution in [-0.4, -0.2) is 43.9 Å². The molecule has 2 aromatic rings. The summed E-state index contributed by atoms with van der Waals surface area (Å²) in [5.41, 5.74) is 3.27. The highest BCUT2D eigenvalue weighted by Gasteiger charge is 2.22. The van der Waals surface area contributed by atoms with Crippen molar-refractivity contribution in [2.24, 2.45) is 10.3 Å². The zero-order valence-corrected chi connectivity index (χ0v) is 21.4. The minimum absolute atomic E-state index is 0.0612. The van der Waals surface area contributed by atoms with Gasteiger partial charge in [-0.1, -0.05) is 28.5 Å². The van der Waals surface area contributed by atoms with E-state index in [1.807, 2.05) is 37.5 Å². The Bertz CT molecular complexity index is 1050. The second-order valence-corrected chi connectivity index (χ2v) is 9.16. The van der Waals surface area contributed by atoms with Crippen LogP contribution in [0.1, 0.15) is 29.2 Å². The average molecular weight is 495 g/mol. The van der Waals surface area contributed by atoms with E-state index < -0.39 is 11.2 Å². The molecule has 0 aromatic heterocycles. The van der Waals surface area contributed by atoms with E-state index in [2.05, 4.69) is 15.6 Å². The summed E-state index contributed by atoms with van der Waals surface area (Å²) in [7, 11) is 8.29. The summed E-state index contributed by atoms with van der Waals surface area (Å²) in [5, 5.41) is 8.53. The van der Waals surface area contributed by atoms with Crippen LogP contribution in [0.5, 0.6) is 11.5 Å². The third-order valence-corrected chi connectivity index (χ3v) is 4.78. The zero-order chi connectivity index (χ0) is 24.6. The van der Waals surface area contributed by atoms with Crippen LogP contribution in [0.3, 0.4) is 0 Å². The molecule has 0 radical (unpaired) electrons. The van der Waals surface area contributed by atoms with E-state index in [0.717, 1.165) is 11.1 Å². The Hall–Kier alpha value is -2.76. The molecule has 178 valence electrons. The molecular weight excluding hydrogens is 467 g/mol. The van der Waals surface area contributed by atoms with Gasteiger partial charge in [0.2, 0.25) is 0 Å². The van der Waals surface area contributed by atoms with Crippen molar-refractivity contribution >= 4 is 35.8 Å². The molecule has 2 unspecified atom stereocenters. The molecule has 0 aliphatic carbocycles. The van der Waals surface area contributed by atoms with Crippen molar-refractivity contribution in [1.29, 1.82) is 0 Å². The molecule has 33 heavy (non-hydrogen) atoms. The molecule has 0 saturated heterocycles. The van der Waals surface area contributed by atoms with Crippen LogP contribution >= 0.6 is 18.5 Å². The molecule has 0 saturated carbocycles. The number of nitrogens with one attached hydrogen (secondary N) is 1. The van der Waals surface area contributed by atoms with Gasteiger partial charge in [-0.25, -0.2) is 0 Å². The predicted molar refractivity (Wildman–Crippen MR) is 133 cm³/mol. The molecule has 11 heteroatoms. The molecule has 0 bridgehead atoms. The Morgan fingerprint density at radius 2 is 1.88 bits per heavy atom. The van der Waals surface area contributed by atoms with Crippen molar-refractivity contribution in [2.75, 3.05) is 21.3 Å². The quantitative estimate of drug-likeness (QED) is 0.308. The van der Waals surface area contributed by atoms with Gasteiger partial charge in [0.1, 0.15) is 25.2 Å². The Morgan fingerprint density at radius 3 is 2.48 bits per heavy atom. The fraction of sp³-hybridized carbons (Fsp3) is 0.318. The Morgan fingerprint density at radius 1 is 1.15 bits per heavy atom. The molecule has 2 atom stereocenters. The third-order valence-electron chi connectivity index (χ3n) is 4.55. The number of likely N-dealkylation sites (N-methyl/N-ethyl adjacent to an activating group) is 1. The normalized spacial score (nSPS) is 12.2. The van der Waals surface area contributed by atoms with E-state index in [-0.39, 0.29) is 18.1 Å². The van der Waals surface area contributed by atoms with Crippen LogP contribution in [0.15, 0.2) is 46.7 Å². The lowest BCUT2D eigenvalue weighted by Crippen LogP contribution is -2.29. The van der Waals surface area contributed by atoms with E-state index in [1.165, 1.54) is 21.3 Å². The standard InChI is InChI=1S/C22H28FN3O5P2/c1-13-7-6-8-17(20(26-29-5)21(27)24-3)18(13)12-30-25-14(2)16-10-9-15(28-4)11-19(16)31-22(23,32)33/h6-11H,12,32-33H2,1-5H3,(H,24,27)/b25-14+,26-20+. The highest BCUT2D eigenvalue weighted by molar-refractivity contribution is 7.38. The van der Waals surface area contributed by atoms with Crippen molar-refractivity contribution in [3.05, 3.63) is 58.7 Å². The number of halogens is 1. The minimum atomic E-state index is -2.06. The number of hydrogen-bond acceptors (Lipinski definition) is 7. The molecule has 0 spiro atoms. The zero-order valence-electron chi connectivity index (χ0n) is 19.1. The number of oxime groups is 2. The van der Waals surface area contributed by atoms with Crippen LogP contribution in [0.25, 0.3) is 0 Å². The van der Waals surface area contributed by atoms with Gasteiger partial charge in [-0.2, -0.15) is 4.39 Å². The van der Waals surface area contributed by atoms with Crippen LogP contribution in [0, 0.1) is 6.92 Å². The number of methoxy groups -OCH3 is 1. The summed E-state index contributed by atoms with van der Waals surface area (Å²) in [5.74, 6) is 0.343. The predicted octanol–water partition coefficient (Wildman–Crippen LogP) is 3.75. The largest absolute Gasteiger partial charge is 0.497 e. The maximum absolute atomic E-state index is 14.1. The van der Waals surface area contributed by atoms with Crippen molar-refractivity contribution in [3.8, 4) is 11.5 Å². The fourth-order valence-electron chi connectivity index (χ4n) is 2.96. The average Bonchev–Trinajstić information content (AvgIpc) is 2.76. The SMILES string of the molecule is CNC(=O)/C(=N/OC)c1cccc(C)c1CO/N=C(\C)c1ccc(OC)cc1OC(F)(P)P. The number of carbonyl (C=O) groups excluding carboxylic acids is 1. The lowest BCUT2D eigenvalue weighted by Gasteiger charge is -2.20. The second kappa shape index (κ2) is 11.9. The number of benzene rings is 2. The molecule has 0 heterocycles. The molecule has 0 aliphatic rings. The summed E-state index contributed by atoms with van der Waals surface area (Å²) in [6.45, 7) is 3.66. The van der Waals surface area contributed by atoms with Crippen LogP contribution in [0.2, 0.25) is 0 Å². The first-order chi connectivity index (χ1) is 15.6. The van der Waals surface area contributed by atoms with Crippen molar-refractivity contribution in [3.63, 3.8) is 0 Å². The number of alkyl halides is 1. The van der Waals surface area contributed by atoms with Crippen LogP contribution in [-0.2, 0) is 21.1 Å². The third kappa shape index (κ3) is 7.37. The maximum Gasteiger partial charge on any atom is 0.273 e. The number of ether oxygens (including phenoxy) is 2. The van der Waals surface area contributed by atoms with E-state index in [9.17, 15) is 9.18 Å². The summed E-state index contributed by atoms with van der Waals surface area (Å²) < 4.78 is 24.7. The van der Waals surface area contributed by atoms with Gasteiger partial charge in [-0.15, -0.1) is 0 Å². The number of nitrogens with zero attached hydrogens (tertiary/aromatic N) is 2. The van der Waals surface area contributed by atoms with E-state index in [4.69, 9.17) is 19.1 Å². The molecule has 0 fully saturated rings. The smallest absolute Gasteiger partial charge is 0.273 e. The molecule has 0 aliphatic heterocycles. The molecule has 2 aromatic carbocycles. The molecule has 1 N–H and O–H groups in total. The highest BCUT2D eigenvalue weighted by Crippen LogP contribution is 2.35. The van der Waals surface area contributed by atoms with Gasteiger partial charge in [-0.3, -0.25) is 4.79 Å². The Kier molecular flexibility index (Phi) is 9.56. The monoisotopic (exact) mass is 495 g/mol. The summed E-state index contributed by atoms with van der Waals surface area (Å²) in [4.78, 5) is 22.7. The Labute approximate surface area is 197 Å². The first kappa shape index (κ1) is 26.5. The van der Waals surface area contributed by atoms with Crippen LogP contribution in [0.4, 0.5) is 4.39 Å². The molecular formula is C22H28FN3O5P2. The second-order valence-electron chi connectivity index (χ2n) is 6.91. The lowest BCUT2D eigenvalue weighted by molar-refractivity contribution is -0.114. The van der Waals surface area contributed by atoms with Crippen LogP contribution < -0.4 is 14.8 Å². The van der Waals surface area contributed by atoms with Gasteiger partial charge < -0.3 is 24.5 Å². The van der Waals surface area contributed by atoms with Crippen molar-refractivity contribution < 1.29 is 28.3 Å². The first-order valence-electron chi connectivity index (χ1n) is 9.84. The highest BCUT2D eigenvalue weighted by atomic mass is 31.1. The van der Waals surface area contributed by atoms with Gasteiger partial charge in [0.25, 0.3) is 11.2 Å². The number of rotatable bonds is 10. The van der Waals surface area contributed by atoms with Gasteiger partial charge in [-0.05, 0) is 50.0 Å². The number of hydrogen-bond donors (Lipinski definition) is 1. The fourth-order valence-corrected chi connectivity index (χ4v) is 3.22. The lowest BCUT2D eigenvalue weighted by atomic mass is 9.98. The minimum Gasteiger partial charge on any atom is -0.497 e. The first-order valence-corrected chi connectivity index (χ1v) is 11.0. The van der Waals surface area contributed by atoms with E-state index in [0.29, 0.717) is 22.6 Å². The summed E-state index contributed by atoms with van der Waals surface area (Å²) >= 11 is 0.